The summed E-state index contributed by atoms with van der Waals surface area (Å²) in [4.78, 5) is 31.2. The van der Waals surface area contributed by atoms with Crippen LogP contribution in [0.1, 0.15) is 82.5 Å². The van der Waals surface area contributed by atoms with E-state index in [1.54, 1.807) is 23.1 Å². The van der Waals surface area contributed by atoms with E-state index in [0.29, 0.717) is 35.8 Å². The minimum atomic E-state index is -0.527. The fourth-order valence-electron chi connectivity index (χ4n) is 6.48. The molecule has 0 unspecified atom stereocenters. The summed E-state index contributed by atoms with van der Waals surface area (Å²) < 4.78 is 26.1. The molecule has 9 nitrogen and oxygen atoms in total. The summed E-state index contributed by atoms with van der Waals surface area (Å²) in [6, 6.07) is 9.51. The van der Waals surface area contributed by atoms with Crippen molar-refractivity contribution in [1.29, 1.82) is 0 Å². The van der Waals surface area contributed by atoms with Gasteiger partial charge in [0.25, 0.3) is 5.91 Å². The largest absolute Gasteiger partial charge is 0.490 e. The van der Waals surface area contributed by atoms with Gasteiger partial charge in [0, 0.05) is 43.5 Å². The number of amides is 3. The van der Waals surface area contributed by atoms with Crippen LogP contribution in [-0.2, 0) is 4.74 Å². The van der Waals surface area contributed by atoms with Crippen molar-refractivity contribution in [2.75, 3.05) is 50.5 Å². The molecule has 2 aliphatic rings. The van der Waals surface area contributed by atoms with E-state index in [9.17, 15) is 19.1 Å². The molecule has 1 heterocycles. The number of carbonyl (C=O) groups is 2. The summed E-state index contributed by atoms with van der Waals surface area (Å²) in [6.45, 7) is 8.61. The Morgan fingerprint density at radius 2 is 1.67 bits per heavy atom. The third-order valence-corrected chi connectivity index (χ3v) is 9.20. The van der Waals surface area contributed by atoms with Crippen LogP contribution in [0.15, 0.2) is 42.5 Å². The van der Waals surface area contributed by atoms with E-state index < -0.39 is 17.9 Å². The van der Waals surface area contributed by atoms with Gasteiger partial charge in [0.1, 0.15) is 11.6 Å². The van der Waals surface area contributed by atoms with Crippen molar-refractivity contribution in [3.63, 3.8) is 0 Å². The van der Waals surface area contributed by atoms with Gasteiger partial charge >= 0.3 is 6.03 Å². The van der Waals surface area contributed by atoms with Crippen LogP contribution in [0, 0.1) is 17.7 Å². The lowest BCUT2D eigenvalue weighted by Gasteiger charge is -2.36. The molecule has 0 bridgehead atoms. The Morgan fingerprint density at radius 3 is 2.39 bits per heavy atom. The average Bonchev–Trinajstić information content (AvgIpc) is 3.04. The summed E-state index contributed by atoms with van der Waals surface area (Å²) in [5.74, 6) is 0.469. The van der Waals surface area contributed by atoms with Gasteiger partial charge in [-0.15, -0.1) is 0 Å². The summed E-state index contributed by atoms with van der Waals surface area (Å²) >= 11 is 0. The van der Waals surface area contributed by atoms with Crippen molar-refractivity contribution >= 4 is 23.3 Å². The zero-order valence-electron chi connectivity index (χ0n) is 28.0. The number of ether oxygens (including phenoxy) is 2. The second-order valence-corrected chi connectivity index (χ2v) is 13.3. The molecule has 2 aromatic carbocycles. The van der Waals surface area contributed by atoms with Crippen LogP contribution in [0.4, 0.5) is 20.6 Å². The van der Waals surface area contributed by atoms with Crippen LogP contribution in [0.5, 0.6) is 5.75 Å². The Labute approximate surface area is 273 Å². The highest BCUT2D eigenvalue weighted by molar-refractivity contribution is 6.02. The first-order valence-electron chi connectivity index (χ1n) is 17.0. The lowest BCUT2D eigenvalue weighted by molar-refractivity contribution is -0.0190. The maximum absolute atomic E-state index is 14.3. The van der Waals surface area contributed by atoms with E-state index in [-0.39, 0.29) is 30.6 Å². The number of hydrogen-bond donors (Lipinski definition) is 3. The highest BCUT2D eigenvalue weighted by Gasteiger charge is 2.31. The van der Waals surface area contributed by atoms with Gasteiger partial charge in [-0.05, 0) is 101 Å². The molecule has 3 N–H and O–H groups in total. The van der Waals surface area contributed by atoms with Gasteiger partial charge in [-0.3, -0.25) is 4.79 Å². The number of aliphatic hydroxyl groups excluding tert-OH is 1. The molecule has 10 heteroatoms. The Hall–Kier alpha value is -3.21. The number of halogens is 1. The lowest BCUT2D eigenvalue weighted by atomic mass is 9.89. The molecule has 4 atom stereocenters. The van der Waals surface area contributed by atoms with Gasteiger partial charge in [-0.25, -0.2) is 9.18 Å². The predicted octanol–water partition coefficient (Wildman–Crippen LogP) is 6.78. The third kappa shape index (κ3) is 10.7. The van der Waals surface area contributed by atoms with Crippen LogP contribution in [0.25, 0.3) is 0 Å². The van der Waals surface area contributed by atoms with Crippen molar-refractivity contribution in [2.45, 2.75) is 90.4 Å². The van der Waals surface area contributed by atoms with Crippen LogP contribution < -0.4 is 15.4 Å². The fraction of sp³-hybridized carbons (Fsp3) is 0.611. The second-order valence-electron chi connectivity index (χ2n) is 13.3. The van der Waals surface area contributed by atoms with Gasteiger partial charge in [-0.2, -0.15) is 0 Å². The quantitative estimate of drug-likeness (QED) is 0.294. The van der Waals surface area contributed by atoms with Gasteiger partial charge in [-0.1, -0.05) is 26.2 Å². The Bertz CT molecular complexity index is 1260. The molecule has 0 radical (unpaired) electrons. The van der Waals surface area contributed by atoms with E-state index in [1.807, 2.05) is 13.8 Å². The first kappa shape index (κ1) is 35.6. The molecule has 1 aliphatic heterocycles. The normalized spacial score (nSPS) is 22.8. The molecule has 0 aromatic heterocycles. The number of likely N-dealkylation sites (N-methyl/N-ethyl adjacent to an activating group) is 1. The van der Waals surface area contributed by atoms with Crippen molar-refractivity contribution in [3.8, 4) is 5.75 Å². The van der Waals surface area contributed by atoms with E-state index in [4.69, 9.17) is 9.47 Å². The minimum Gasteiger partial charge on any atom is -0.490 e. The van der Waals surface area contributed by atoms with E-state index >= 15 is 0 Å². The fourth-order valence-corrected chi connectivity index (χ4v) is 6.48. The maximum atomic E-state index is 14.3. The van der Waals surface area contributed by atoms with Crippen LogP contribution >= 0.6 is 0 Å². The number of urea groups is 1. The van der Waals surface area contributed by atoms with E-state index in [2.05, 4.69) is 29.5 Å². The SMILES string of the molecule is C[C@@H]1CCCCO[C@@H](CN(C)CC2CCCCC2)[C@@H](C)CN([C@@H](C)CO)C(=O)c2cc(NC(=O)Nc3ccc(F)cc3)ccc2O1. The maximum Gasteiger partial charge on any atom is 0.323 e. The average molecular weight is 641 g/mol. The summed E-state index contributed by atoms with van der Waals surface area (Å²) in [6.07, 6.45) is 8.95. The molecule has 1 aliphatic carbocycles. The highest BCUT2D eigenvalue weighted by Crippen LogP contribution is 2.29. The highest BCUT2D eigenvalue weighted by atomic mass is 19.1. The molecule has 2 aromatic rings. The second kappa shape index (κ2) is 17.6. The molecule has 1 fully saturated rings. The van der Waals surface area contributed by atoms with E-state index in [1.165, 1.54) is 56.4 Å². The number of benzene rings is 2. The zero-order chi connectivity index (χ0) is 33.1. The van der Waals surface area contributed by atoms with Crippen LogP contribution in [0.3, 0.4) is 0 Å². The first-order valence-corrected chi connectivity index (χ1v) is 17.0. The third-order valence-electron chi connectivity index (χ3n) is 9.20. The van der Waals surface area contributed by atoms with Gasteiger partial charge in [0.2, 0.25) is 0 Å². The molecular formula is C36H53FN4O5. The number of carbonyl (C=O) groups excluding carboxylic acids is 2. The number of nitrogens with one attached hydrogen (secondary N) is 2. The topological polar surface area (TPSA) is 103 Å². The molecule has 0 saturated heterocycles. The molecule has 46 heavy (non-hydrogen) atoms. The number of hydrogen-bond acceptors (Lipinski definition) is 6. The molecule has 0 spiro atoms. The summed E-state index contributed by atoms with van der Waals surface area (Å²) in [7, 11) is 2.17. The van der Waals surface area contributed by atoms with Crippen molar-refractivity contribution in [2.24, 2.45) is 11.8 Å². The zero-order valence-corrected chi connectivity index (χ0v) is 28.0. The van der Waals surface area contributed by atoms with E-state index in [0.717, 1.165) is 38.3 Å². The predicted molar refractivity (Wildman–Crippen MR) is 180 cm³/mol. The standard InChI is InChI=1S/C36H53FN4O5/c1-25-21-41(26(2)24-42)35(43)32-20-31(39-36(44)38-30-15-13-29(37)14-16-30)17-18-33(32)46-27(3)10-8-9-19-45-34(25)23-40(4)22-28-11-6-5-7-12-28/h13-18,20,25-28,34,42H,5-12,19,21-24H2,1-4H3,(H2,38,39,44)/t25-,26-,27+,34-/m0/s1. The van der Waals surface area contributed by atoms with Gasteiger partial charge < -0.3 is 35.0 Å². The van der Waals surface area contributed by atoms with Crippen molar-refractivity contribution in [3.05, 3.63) is 53.8 Å². The van der Waals surface area contributed by atoms with Crippen LogP contribution in [-0.4, -0.2) is 85.0 Å². The Kier molecular flexibility index (Phi) is 13.7. The van der Waals surface area contributed by atoms with Gasteiger partial charge in [0.15, 0.2) is 0 Å². The Balaban J connectivity index is 1.56. The number of fused-ring (bicyclic) bond motifs is 1. The van der Waals surface area contributed by atoms with Crippen molar-refractivity contribution in [1.82, 2.24) is 9.80 Å². The summed E-state index contributed by atoms with van der Waals surface area (Å²) in [5.41, 5.74) is 1.14. The first-order chi connectivity index (χ1) is 22.1. The monoisotopic (exact) mass is 640 g/mol. The molecule has 3 amide bonds. The number of rotatable bonds is 8. The Morgan fingerprint density at radius 1 is 1.00 bits per heavy atom. The van der Waals surface area contributed by atoms with Crippen LogP contribution in [0.2, 0.25) is 0 Å². The minimum absolute atomic E-state index is 0.000725. The molecule has 4 rings (SSSR count). The molecule has 254 valence electrons. The number of anilines is 2. The number of aliphatic hydroxyl groups is 1. The van der Waals surface area contributed by atoms with Gasteiger partial charge in [0.05, 0.1) is 30.4 Å². The molecular weight excluding hydrogens is 587 g/mol. The lowest BCUT2D eigenvalue weighted by Crippen LogP contribution is -2.47. The van der Waals surface area contributed by atoms with Crippen molar-refractivity contribution < 1.29 is 28.6 Å². The molecule has 1 saturated carbocycles. The summed E-state index contributed by atoms with van der Waals surface area (Å²) in [5, 5.41) is 15.7. The smallest absolute Gasteiger partial charge is 0.323 e. The number of nitrogens with zero attached hydrogens (tertiary/aromatic N) is 2.